The number of nitriles is 1. The number of halogens is 3. The predicted molar refractivity (Wildman–Crippen MR) is 70.4 cm³/mol. The molecule has 20 heavy (non-hydrogen) atoms. The van der Waals surface area contributed by atoms with Gasteiger partial charge in [-0.05, 0) is 12.8 Å². The number of hydrogen-bond donors (Lipinski definition) is 3. The van der Waals surface area contributed by atoms with Gasteiger partial charge in [-0.1, -0.05) is 0 Å². The lowest BCUT2D eigenvalue weighted by molar-refractivity contribution is -0.135. The summed E-state index contributed by atoms with van der Waals surface area (Å²) in [7, 11) is 0. The summed E-state index contributed by atoms with van der Waals surface area (Å²) in [5.41, 5.74) is 10.8. The first-order chi connectivity index (χ1) is 9.26. The minimum Gasteiger partial charge on any atom is -0.396 e. The van der Waals surface area contributed by atoms with Crippen LogP contribution in [-0.2, 0) is 0 Å². The van der Waals surface area contributed by atoms with Gasteiger partial charge in [0.15, 0.2) is 0 Å². The summed E-state index contributed by atoms with van der Waals surface area (Å²) in [6.45, 7) is 0.253. The maximum absolute atomic E-state index is 11.9. The van der Waals surface area contributed by atoms with Crippen LogP contribution in [0.5, 0.6) is 0 Å². The van der Waals surface area contributed by atoms with E-state index in [2.05, 4.69) is 5.32 Å². The molecule has 1 aromatic heterocycles. The molecule has 1 heterocycles. The average molecular weight is 306 g/mol. The van der Waals surface area contributed by atoms with E-state index in [1.165, 1.54) is 0 Å². The Morgan fingerprint density at radius 1 is 1.40 bits per heavy atom. The maximum atomic E-state index is 11.9. The van der Waals surface area contributed by atoms with E-state index in [-0.39, 0.29) is 35.5 Å². The van der Waals surface area contributed by atoms with Crippen LogP contribution in [0.2, 0.25) is 0 Å². The second-order valence-corrected chi connectivity index (χ2v) is 5.04. The van der Waals surface area contributed by atoms with Gasteiger partial charge in [0.25, 0.3) is 5.91 Å². The van der Waals surface area contributed by atoms with Crippen LogP contribution in [-0.4, -0.2) is 18.6 Å². The van der Waals surface area contributed by atoms with Crippen LogP contribution in [0.3, 0.4) is 0 Å². The van der Waals surface area contributed by atoms with E-state index in [9.17, 15) is 18.0 Å². The SMILES string of the molecule is N#Cc1c(NCCCCC(F)(F)F)sc(C(N)=O)c1N. The van der Waals surface area contributed by atoms with E-state index in [0.29, 0.717) is 5.00 Å². The number of nitrogen functional groups attached to an aromatic ring is 1. The number of nitrogens with zero attached hydrogens (tertiary/aromatic N) is 1. The molecule has 0 bridgehead atoms. The Kier molecular flexibility index (Phi) is 5.21. The Balaban J connectivity index is 2.59. The van der Waals surface area contributed by atoms with Crippen LogP contribution in [0.1, 0.15) is 34.5 Å². The molecule has 5 N–H and O–H groups in total. The van der Waals surface area contributed by atoms with Gasteiger partial charge < -0.3 is 16.8 Å². The smallest absolute Gasteiger partial charge is 0.389 e. The Hall–Kier alpha value is -1.95. The number of unbranched alkanes of at least 4 members (excludes halogenated alkanes) is 1. The molecule has 1 amide bonds. The van der Waals surface area contributed by atoms with Gasteiger partial charge in [-0.2, -0.15) is 18.4 Å². The molecule has 0 aliphatic carbocycles. The maximum Gasteiger partial charge on any atom is 0.389 e. The van der Waals surface area contributed by atoms with Crippen molar-refractivity contribution in [1.29, 1.82) is 5.26 Å². The number of nitrogens with one attached hydrogen (secondary N) is 1. The summed E-state index contributed by atoms with van der Waals surface area (Å²) in [6, 6.07) is 1.84. The van der Waals surface area contributed by atoms with Crippen molar-refractivity contribution in [2.75, 3.05) is 17.6 Å². The van der Waals surface area contributed by atoms with Gasteiger partial charge >= 0.3 is 6.18 Å². The number of alkyl halides is 3. The van der Waals surface area contributed by atoms with Gasteiger partial charge in [-0.25, -0.2) is 0 Å². The number of anilines is 2. The number of hydrogen-bond acceptors (Lipinski definition) is 5. The molecule has 0 unspecified atom stereocenters. The summed E-state index contributed by atoms with van der Waals surface area (Å²) in [4.78, 5) is 11.1. The minimum atomic E-state index is -4.16. The van der Waals surface area contributed by atoms with Crippen molar-refractivity contribution >= 4 is 27.9 Å². The predicted octanol–water partition coefficient (Wildman–Crippen LogP) is 2.45. The van der Waals surface area contributed by atoms with Crippen molar-refractivity contribution in [2.24, 2.45) is 5.73 Å². The first kappa shape index (κ1) is 16.1. The molecule has 0 aromatic carbocycles. The molecule has 9 heteroatoms. The van der Waals surface area contributed by atoms with Crippen molar-refractivity contribution in [3.63, 3.8) is 0 Å². The molecule has 0 aliphatic rings. The highest BCUT2D eigenvalue weighted by molar-refractivity contribution is 7.18. The van der Waals surface area contributed by atoms with Crippen molar-refractivity contribution < 1.29 is 18.0 Å². The number of carbonyl (C=O) groups excluding carboxylic acids is 1. The molecule has 0 fully saturated rings. The second-order valence-electron chi connectivity index (χ2n) is 4.02. The Morgan fingerprint density at radius 3 is 2.55 bits per heavy atom. The van der Waals surface area contributed by atoms with Gasteiger partial charge in [0.2, 0.25) is 0 Å². The normalized spacial score (nSPS) is 11.1. The third-order valence-corrected chi connectivity index (χ3v) is 3.63. The zero-order valence-corrected chi connectivity index (χ0v) is 11.2. The average Bonchev–Trinajstić information content (AvgIpc) is 2.64. The first-order valence-corrected chi connectivity index (χ1v) is 6.50. The van der Waals surface area contributed by atoms with E-state index in [1.807, 2.05) is 6.07 Å². The number of thiophene rings is 1. The van der Waals surface area contributed by atoms with Crippen LogP contribution in [0.4, 0.5) is 23.9 Å². The van der Waals surface area contributed by atoms with Crippen LogP contribution < -0.4 is 16.8 Å². The second kappa shape index (κ2) is 6.47. The molecular formula is C11H13F3N4OS. The van der Waals surface area contributed by atoms with E-state index in [1.54, 1.807) is 0 Å². The van der Waals surface area contributed by atoms with E-state index < -0.39 is 18.5 Å². The summed E-state index contributed by atoms with van der Waals surface area (Å²) in [5, 5.41) is 12.1. The van der Waals surface area contributed by atoms with E-state index >= 15 is 0 Å². The molecule has 1 aromatic rings. The number of amides is 1. The zero-order chi connectivity index (χ0) is 15.3. The van der Waals surface area contributed by atoms with E-state index in [4.69, 9.17) is 16.7 Å². The first-order valence-electron chi connectivity index (χ1n) is 5.69. The molecule has 0 saturated carbocycles. The Labute approximate surface area is 117 Å². The number of nitrogens with two attached hydrogens (primary N) is 2. The monoisotopic (exact) mass is 306 g/mol. The van der Waals surface area contributed by atoms with Gasteiger partial charge in [-0.15, -0.1) is 11.3 Å². The fourth-order valence-electron chi connectivity index (χ4n) is 1.51. The van der Waals surface area contributed by atoms with Crippen molar-refractivity contribution in [1.82, 2.24) is 0 Å². The number of carbonyl (C=O) groups is 1. The summed E-state index contributed by atoms with van der Waals surface area (Å²) in [5.74, 6) is -0.742. The molecule has 0 atom stereocenters. The van der Waals surface area contributed by atoms with Gasteiger partial charge in [0, 0.05) is 13.0 Å². The Bertz CT molecular complexity index is 533. The summed E-state index contributed by atoms with van der Waals surface area (Å²) < 4.78 is 35.8. The fourth-order valence-corrected chi connectivity index (χ4v) is 2.46. The molecule has 0 saturated heterocycles. The Morgan fingerprint density at radius 2 is 2.05 bits per heavy atom. The molecule has 0 radical (unpaired) electrons. The highest BCUT2D eigenvalue weighted by Gasteiger charge is 2.25. The lowest BCUT2D eigenvalue weighted by atomic mass is 10.2. The standard InChI is InChI=1S/C11H13F3N4OS/c12-11(13,14)3-1-2-4-18-10-6(5-15)7(16)8(20-10)9(17)19/h18H,1-4,16H2,(H2,17,19). The van der Waals surface area contributed by atoms with E-state index in [0.717, 1.165) is 11.3 Å². The quantitative estimate of drug-likeness (QED) is 0.702. The number of rotatable bonds is 6. The van der Waals surface area contributed by atoms with Crippen LogP contribution in [0.15, 0.2) is 0 Å². The largest absolute Gasteiger partial charge is 0.396 e. The van der Waals surface area contributed by atoms with Gasteiger partial charge in [-0.3, -0.25) is 4.79 Å². The molecule has 110 valence electrons. The minimum absolute atomic E-state index is 0.00258. The molecule has 1 rings (SSSR count). The van der Waals surface area contributed by atoms with Crippen LogP contribution >= 0.6 is 11.3 Å². The molecule has 0 spiro atoms. The van der Waals surface area contributed by atoms with Gasteiger partial charge in [0.05, 0.1) is 5.69 Å². The molecule has 5 nitrogen and oxygen atoms in total. The van der Waals surface area contributed by atoms with Gasteiger partial charge in [0.1, 0.15) is 21.5 Å². The highest BCUT2D eigenvalue weighted by atomic mass is 32.1. The zero-order valence-electron chi connectivity index (χ0n) is 10.4. The topological polar surface area (TPSA) is 105 Å². The molecule has 0 aliphatic heterocycles. The molecular weight excluding hydrogens is 293 g/mol. The highest BCUT2D eigenvalue weighted by Crippen LogP contribution is 2.34. The van der Waals surface area contributed by atoms with Crippen molar-refractivity contribution in [2.45, 2.75) is 25.4 Å². The lowest BCUT2D eigenvalue weighted by Gasteiger charge is -2.06. The summed E-state index contributed by atoms with van der Waals surface area (Å²) >= 11 is 0.927. The van der Waals surface area contributed by atoms with Crippen molar-refractivity contribution in [3.05, 3.63) is 10.4 Å². The van der Waals surface area contributed by atoms with Crippen LogP contribution in [0, 0.1) is 11.3 Å². The lowest BCUT2D eigenvalue weighted by Crippen LogP contribution is -2.10. The third kappa shape index (κ3) is 4.31. The summed E-state index contributed by atoms with van der Waals surface area (Å²) in [6.07, 6.45) is -4.74. The van der Waals surface area contributed by atoms with Crippen molar-refractivity contribution in [3.8, 4) is 6.07 Å². The van der Waals surface area contributed by atoms with Crippen LogP contribution in [0.25, 0.3) is 0 Å². The fraction of sp³-hybridized carbons (Fsp3) is 0.455. The third-order valence-electron chi connectivity index (χ3n) is 2.45. The number of primary amides is 1.